The molecular weight excluding hydrogens is 346 g/mol. The Bertz CT molecular complexity index is 509. The summed E-state index contributed by atoms with van der Waals surface area (Å²) in [5, 5.41) is 5.86. The fourth-order valence-corrected chi connectivity index (χ4v) is 3.03. The summed E-state index contributed by atoms with van der Waals surface area (Å²) in [5.74, 6) is -0.167. The maximum atomic E-state index is 12.2. The maximum Gasteiger partial charge on any atom is 0.242 e. The Morgan fingerprint density at radius 3 is 2.68 bits per heavy atom. The van der Waals surface area contributed by atoms with Crippen molar-refractivity contribution in [2.24, 2.45) is 0 Å². The van der Waals surface area contributed by atoms with Crippen LogP contribution in [0.1, 0.15) is 18.9 Å². The first-order valence-corrected chi connectivity index (χ1v) is 8.48. The van der Waals surface area contributed by atoms with Crippen molar-refractivity contribution in [1.82, 2.24) is 15.5 Å². The summed E-state index contributed by atoms with van der Waals surface area (Å²) in [6.07, 6.45) is 0.752. The summed E-state index contributed by atoms with van der Waals surface area (Å²) in [4.78, 5) is 26.3. The van der Waals surface area contributed by atoms with Gasteiger partial charge in [-0.05, 0) is 18.9 Å². The molecule has 0 spiro atoms. The molecule has 2 rings (SSSR count). The Kier molecular flexibility index (Phi) is 6.39. The molecule has 120 valence electrons. The first-order chi connectivity index (χ1) is 10.6. The Balaban J connectivity index is 1.80. The van der Waals surface area contributed by atoms with Crippen molar-refractivity contribution in [2.45, 2.75) is 30.8 Å². The summed E-state index contributed by atoms with van der Waals surface area (Å²) in [6, 6.07) is 9.64. The van der Waals surface area contributed by atoms with Gasteiger partial charge < -0.3 is 15.5 Å². The minimum atomic E-state index is -0.207. The van der Waals surface area contributed by atoms with Gasteiger partial charge in [0.15, 0.2) is 0 Å². The van der Waals surface area contributed by atoms with Crippen molar-refractivity contribution in [3.8, 4) is 0 Å². The number of carbonyl (C=O) groups excluding carboxylic acids is 2. The molecule has 6 heteroatoms. The molecule has 1 heterocycles. The van der Waals surface area contributed by atoms with Crippen LogP contribution in [0, 0.1) is 0 Å². The van der Waals surface area contributed by atoms with Crippen LogP contribution in [0.5, 0.6) is 0 Å². The lowest BCUT2D eigenvalue weighted by atomic mass is 10.2. The third-order valence-corrected chi connectivity index (χ3v) is 4.46. The third-order valence-electron chi connectivity index (χ3n) is 3.76. The fourth-order valence-electron chi connectivity index (χ4n) is 2.47. The minimum absolute atomic E-state index is 0.0463. The SMILES string of the molecule is CCN(Cc1ccccc1)C(=O)CNC(=O)C1CC(Br)CN1. The Morgan fingerprint density at radius 1 is 1.36 bits per heavy atom. The summed E-state index contributed by atoms with van der Waals surface area (Å²) in [6.45, 7) is 3.95. The molecule has 1 aliphatic rings. The molecule has 1 aromatic carbocycles. The normalized spacial score (nSPS) is 20.6. The van der Waals surface area contributed by atoms with Gasteiger partial charge in [-0.1, -0.05) is 46.3 Å². The Labute approximate surface area is 139 Å². The number of carbonyl (C=O) groups is 2. The van der Waals surface area contributed by atoms with Crippen LogP contribution in [0.4, 0.5) is 0 Å². The van der Waals surface area contributed by atoms with E-state index < -0.39 is 0 Å². The second kappa shape index (κ2) is 8.29. The average molecular weight is 368 g/mol. The highest BCUT2D eigenvalue weighted by molar-refractivity contribution is 9.09. The van der Waals surface area contributed by atoms with E-state index in [9.17, 15) is 9.59 Å². The molecular formula is C16H22BrN3O2. The molecule has 2 unspecified atom stereocenters. The number of hydrogen-bond acceptors (Lipinski definition) is 3. The molecule has 22 heavy (non-hydrogen) atoms. The molecule has 2 N–H and O–H groups in total. The number of amides is 2. The van der Waals surface area contributed by atoms with Gasteiger partial charge in [0.1, 0.15) is 0 Å². The lowest BCUT2D eigenvalue weighted by Gasteiger charge is -2.21. The predicted octanol–water partition coefficient (Wildman–Crippen LogP) is 1.28. The number of nitrogens with one attached hydrogen (secondary N) is 2. The van der Waals surface area contributed by atoms with Crippen molar-refractivity contribution >= 4 is 27.7 Å². The Morgan fingerprint density at radius 2 is 2.09 bits per heavy atom. The second-order valence-electron chi connectivity index (χ2n) is 5.41. The molecule has 1 aliphatic heterocycles. The van der Waals surface area contributed by atoms with Gasteiger partial charge in [-0.3, -0.25) is 9.59 Å². The van der Waals surface area contributed by atoms with Gasteiger partial charge in [-0.15, -0.1) is 0 Å². The van der Waals surface area contributed by atoms with E-state index in [1.807, 2.05) is 37.3 Å². The van der Waals surface area contributed by atoms with Crippen LogP contribution in [0.2, 0.25) is 0 Å². The van der Waals surface area contributed by atoms with Crippen LogP contribution in [-0.2, 0) is 16.1 Å². The zero-order valence-electron chi connectivity index (χ0n) is 12.7. The standard InChI is InChI=1S/C16H22BrN3O2/c1-2-20(11-12-6-4-3-5-7-12)15(21)10-19-16(22)14-8-13(17)9-18-14/h3-7,13-14,18H,2,8-11H2,1H3,(H,19,22). The molecule has 0 aromatic heterocycles. The van der Waals surface area contributed by atoms with E-state index in [-0.39, 0.29) is 24.4 Å². The topological polar surface area (TPSA) is 61.4 Å². The molecule has 0 bridgehead atoms. The van der Waals surface area contributed by atoms with E-state index in [1.165, 1.54) is 0 Å². The fraction of sp³-hybridized carbons (Fsp3) is 0.500. The number of hydrogen-bond donors (Lipinski definition) is 2. The summed E-state index contributed by atoms with van der Waals surface area (Å²) < 4.78 is 0. The number of rotatable bonds is 6. The average Bonchev–Trinajstić information content (AvgIpc) is 2.97. The largest absolute Gasteiger partial charge is 0.346 e. The van der Waals surface area contributed by atoms with Crippen LogP contribution < -0.4 is 10.6 Å². The molecule has 1 aromatic rings. The highest BCUT2D eigenvalue weighted by Crippen LogP contribution is 2.14. The summed E-state index contributed by atoms with van der Waals surface area (Å²) >= 11 is 3.48. The lowest BCUT2D eigenvalue weighted by Crippen LogP contribution is -2.45. The molecule has 2 amide bonds. The molecule has 1 fully saturated rings. The van der Waals surface area contributed by atoms with Gasteiger partial charge in [0.25, 0.3) is 0 Å². The van der Waals surface area contributed by atoms with Crippen molar-refractivity contribution in [2.75, 3.05) is 19.6 Å². The number of alkyl halides is 1. The van der Waals surface area contributed by atoms with Gasteiger partial charge in [0, 0.05) is 24.5 Å². The quantitative estimate of drug-likeness (QED) is 0.744. The predicted molar refractivity (Wildman–Crippen MR) is 89.7 cm³/mol. The molecule has 0 aliphatic carbocycles. The van der Waals surface area contributed by atoms with Gasteiger partial charge in [-0.2, -0.15) is 0 Å². The van der Waals surface area contributed by atoms with Crippen LogP contribution in [0.15, 0.2) is 30.3 Å². The zero-order chi connectivity index (χ0) is 15.9. The van der Waals surface area contributed by atoms with Crippen molar-refractivity contribution < 1.29 is 9.59 Å². The maximum absolute atomic E-state index is 12.2. The van der Waals surface area contributed by atoms with Gasteiger partial charge in [0.2, 0.25) is 11.8 Å². The van der Waals surface area contributed by atoms with E-state index in [4.69, 9.17) is 0 Å². The van der Waals surface area contributed by atoms with Gasteiger partial charge in [0.05, 0.1) is 12.6 Å². The van der Waals surface area contributed by atoms with E-state index >= 15 is 0 Å². The molecule has 2 atom stereocenters. The summed E-state index contributed by atoms with van der Waals surface area (Å²) in [5.41, 5.74) is 1.09. The molecule has 5 nitrogen and oxygen atoms in total. The third kappa shape index (κ3) is 4.81. The molecule has 0 radical (unpaired) electrons. The second-order valence-corrected chi connectivity index (χ2v) is 6.70. The summed E-state index contributed by atoms with van der Waals surface area (Å²) in [7, 11) is 0. The molecule has 1 saturated heterocycles. The number of benzene rings is 1. The number of nitrogens with zero attached hydrogens (tertiary/aromatic N) is 1. The van der Waals surface area contributed by atoms with Gasteiger partial charge >= 0.3 is 0 Å². The van der Waals surface area contributed by atoms with E-state index in [0.717, 1.165) is 18.5 Å². The minimum Gasteiger partial charge on any atom is -0.346 e. The molecule has 0 saturated carbocycles. The van der Waals surface area contributed by atoms with E-state index in [1.54, 1.807) is 4.90 Å². The Hall–Kier alpha value is -1.40. The highest BCUT2D eigenvalue weighted by Gasteiger charge is 2.28. The first-order valence-electron chi connectivity index (χ1n) is 7.57. The monoisotopic (exact) mass is 367 g/mol. The van der Waals surface area contributed by atoms with E-state index in [0.29, 0.717) is 17.9 Å². The van der Waals surface area contributed by atoms with Crippen molar-refractivity contribution in [3.63, 3.8) is 0 Å². The highest BCUT2D eigenvalue weighted by atomic mass is 79.9. The van der Waals surface area contributed by atoms with Crippen LogP contribution in [0.3, 0.4) is 0 Å². The number of likely N-dealkylation sites (N-methyl/N-ethyl adjacent to an activating group) is 1. The van der Waals surface area contributed by atoms with Gasteiger partial charge in [-0.25, -0.2) is 0 Å². The first kappa shape index (κ1) is 17.0. The van der Waals surface area contributed by atoms with Crippen LogP contribution in [0.25, 0.3) is 0 Å². The van der Waals surface area contributed by atoms with Crippen LogP contribution in [-0.4, -0.2) is 47.2 Å². The number of halogens is 1. The van der Waals surface area contributed by atoms with Crippen LogP contribution >= 0.6 is 15.9 Å². The van der Waals surface area contributed by atoms with E-state index in [2.05, 4.69) is 26.6 Å². The lowest BCUT2D eigenvalue weighted by molar-refractivity contribution is -0.133. The van der Waals surface area contributed by atoms with Crippen molar-refractivity contribution in [1.29, 1.82) is 0 Å². The van der Waals surface area contributed by atoms with Crippen molar-refractivity contribution in [3.05, 3.63) is 35.9 Å². The smallest absolute Gasteiger partial charge is 0.242 e. The zero-order valence-corrected chi connectivity index (χ0v) is 14.3.